The number of hydrogen-bond acceptors (Lipinski definition) is 5. The molecule has 168 valence electrons. The summed E-state index contributed by atoms with van der Waals surface area (Å²) in [7, 11) is 0. The van der Waals surface area contributed by atoms with Gasteiger partial charge in [0.15, 0.2) is 0 Å². The minimum absolute atomic E-state index is 0.0850. The normalized spacial score (nSPS) is 17.5. The Balaban J connectivity index is 1.50. The molecule has 1 aromatic carbocycles. The Morgan fingerprint density at radius 3 is 2.72 bits per heavy atom. The van der Waals surface area contributed by atoms with Crippen LogP contribution in [0.2, 0.25) is 0 Å². The van der Waals surface area contributed by atoms with E-state index < -0.39 is 6.04 Å². The molecule has 2 heterocycles. The summed E-state index contributed by atoms with van der Waals surface area (Å²) in [5, 5.41) is 4.76. The number of hydrazone groups is 1. The van der Waals surface area contributed by atoms with Crippen molar-refractivity contribution in [1.82, 2.24) is 15.0 Å². The second-order valence-corrected chi connectivity index (χ2v) is 10.9. The third kappa shape index (κ3) is 4.39. The van der Waals surface area contributed by atoms with Crippen LogP contribution in [0.3, 0.4) is 0 Å². The zero-order valence-corrected chi connectivity index (χ0v) is 20.1. The van der Waals surface area contributed by atoms with Gasteiger partial charge in [-0.2, -0.15) is 5.10 Å². The van der Waals surface area contributed by atoms with Crippen LogP contribution in [0.1, 0.15) is 68.6 Å². The van der Waals surface area contributed by atoms with E-state index in [2.05, 4.69) is 55.3 Å². The van der Waals surface area contributed by atoms with E-state index in [9.17, 15) is 9.59 Å². The number of hydrogen-bond donors (Lipinski definition) is 1. The van der Waals surface area contributed by atoms with Crippen molar-refractivity contribution in [2.75, 3.05) is 0 Å². The highest BCUT2D eigenvalue weighted by molar-refractivity contribution is 7.18. The number of thiophene rings is 1. The molecule has 0 spiro atoms. The number of aromatic nitrogens is 2. The lowest BCUT2D eigenvalue weighted by atomic mass is 9.87. The average molecular weight is 451 g/mol. The summed E-state index contributed by atoms with van der Waals surface area (Å²) in [5.41, 5.74) is 5.75. The number of amides is 1. The maximum absolute atomic E-state index is 13.2. The lowest BCUT2D eigenvalue weighted by Crippen LogP contribution is -2.34. The van der Waals surface area contributed by atoms with Gasteiger partial charge in [0.1, 0.15) is 10.9 Å². The van der Waals surface area contributed by atoms with Crippen molar-refractivity contribution in [3.63, 3.8) is 0 Å². The predicted octanol–water partition coefficient (Wildman–Crippen LogP) is 4.59. The first-order valence-corrected chi connectivity index (χ1v) is 11.9. The number of carbonyl (C=O) groups is 1. The average Bonchev–Trinajstić information content (AvgIpc) is 3.11. The molecule has 0 aliphatic heterocycles. The highest BCUT2D eigenvalue weighted by Gasteiger charge is 2.25. The molecule has 2 atom stereocenters. The summed E-state index contributed by atoms with van der Waals surface area (Å²) in [6.45, 7) is 10.4. The maximum atomic E-state index is 13.2. The van der Waals surface area contributed by atoms with Gasteiger partial charge in [0.25, 0.3) is 11.5 Å². The fourth-order valence-electron chi connectivity index (χ4n) is 4.08. The van der Waals surface area contributed by atoms with Crippen LogP contribution in [0.4, 0.5) is 0 Å². The minimum Gasteiger partial charge on any atom is -0.286 e. The Bertz CT molecular complexity index is 1230. The zero-order valence-electron chi connectivity index (χ0n) is 19.3. The molecule has 0 saturated carbocycles. The van der Waals surface area contributed by atoms with Crippen molar-refractivity contribution in [2.45, 2.75) is 65.3 Å². The minimum atomic E-state index is -0.710. The first-order valence-electron chi connectivity index (χ1n) is 11.1. The Morgan fingerprint density at radius 1 is 1.31 bits per heavy atom. The lowest BCUT2D eigenvalue weighted by molar-refractivity contribution is -0.123. The van der Waals surface area contributed by atoms with Gasteiger partial charge in [-0.1, -0.05) is 52.0 Å². The highest BCUT2D eigenvalue weighted by Crippen LogP contribution is 2.35. The van der Waals surface area contributed by atoms with Gasteiger partial charge < -0.3 is 0 Å². The van der Waals surface area contributed by atoms with Gasteiger partial charge in [-0.15, -0.1) is 11.3 Å². The second-order valence-electron chi connectivity index (χ2n) is 9.77. The highest BCUT2D eigenvalue weighted by atomic mass is 32.1. The summed E-state index contributed by atoms with van der Waals surface area (Å²) in [6, 6.07) is 7.37. The van der Waals surface area contributed by atoms with Gasteiger partial charge in [0.05, 0.1) is 17.9 Å². The Labute approximate surface area is 192 Å². The van der Waals surface area contributed by atoms with Crippen molar-refractivity contribution >= 4 is 33.7 Å². The molecule has 1 aliphatic rings. The summed E-state index contributed by atoms with van der Waals surface area (Å²) < 4.78 is 1.41. The molecule has 32 heavy (non-hydrogen) atoms. The molecule has 0 radical (unpaired) electrons. The van der Waals surface area contributed by atoms with Gasteiger partial charge in [0.2, 0.25) is 0 Å². The van der Waals surface area contributed by atoms with E-state index in [0.29, 0.717) is 11.3 Å². The number of rotatable bonds is 4. The van der Waals surface area contributed by atoms with Crippen LogP contribution >= 0.6 is 11.3 Å². The van der Waals surface area contributed by atoms with E-state index in [1.807, 2.05) is 12.1 Å². The number of aryl methyl sites for hydroxylation is 1. The largest absolute Gasteiger partial charge is 0.286 e. The predicted molar refractivity (Wildman–Crippen MR) is 131 cm³/mol. The molecule has 0 saturated heterocycles. The molecule has 3 aromatic rings. The number of benzene rings is 1. The van der Waals surface area contributed by atoms with Gasteiger partial charge in [-0.25, -0.2) is 10.4 Å². The topological polar surface area (TPSA) is 76.3 Å². The van der Waals surface area contributed by atoms with Crippen molar-refractivity contribution in [3.05, 3.63) is 62.5 Å². The summed E-state index contributed by atoms with van der Waals surface area (Å²) >= 11 is 1.61. The molecule has 7 heteroatoms. The van der Waals surface area contributed by atoms with Crippen LogP contribution in [-0.4, -0.2) is 21.7 Å². The molecule has 6 nitrogen and oxygen atoms in total. The smallest absolute Gasteiger partial charge is 0.263 e. The van der Waals surface area contributed by atoms with E-state index in [0.717, 1.165) is 35.2 Å². The van der Waals surface area contributed by atoms with Crippen molar-refractivity contribution in [2.24, 2.45) is 11.0 Å². The van der Waals surface area contributed by atoms with Crippen LogP contribution in [0.25, 0.3) is 10.2 Å². The monoisotopic (exact) mass is 450 g/mol. The molecular formula is C25H30N4O2S. The molecule has 0 fully saturated rings. The van der Waals surface area contributed by atoms with E-state index in [1.165, 1.54) is 21.3 Å². The lowest BCUT2D eigenvalue weighted by Gasteiger charge is -2.18. The van der Waals surface area contributed by atoms with E-state index in [4.69, 9.17) is 0 Å². The number of nitrogens with zero attached hydrogens (tertiary/aromatic N) is 3. The molecule has 1 amide bonds. The third-order valence-electron chi connectivity index (χ3n) is 6.20. The van der Waals surface area contributed by atoms with Crippen LogP contribution in [-0.2, 0) is 23.1 Å². The van der Waals surface area contributed by atoms with Gasteiger partial charge in [-0.05, 0) is 54.2 Å². The summed E-state index contributed by atoms with van der Waals surface area (Å²) in [5.74, 6) is 0.276. The van der Waals surface area contributed by atoms with Crippen LogP contribution in [0.15, 0.2) is 40.5 Å². The first-order chi connectivity index (χ1) is 15.1. The fourth-order valence-corrected chi connectivity index (χ4v) is 5.42. The van der Waals surface area contributed by atoms with Crippen LogP contribution < -0.4 is 11.0 Å². The molecule has 4 rings (SSSR count). The first kappa shape index (κ1) is 22.4. The van der Waals surface area contributed by atoms with E-state index in [1.54, 1.807) is 24.5 Å². The van der Waals surface area contributed by atoms with Crippen molar-refractivity contribution in [1.29, 1.82) is 0 Å². The van der Waals surface area contributed by atoms with E-state index in [-0.39, 0.29) is 16.9 Å². The fraction of sp³-hybridized carbons (Fsp3) is 0.440. The molecule has 1 aliphatic carbocycles. The zero-order chi connectivity index (χ0) is 23.0. The van der Waals surface area contributed by atoms with E-state index >= 15 is 0 Å². The molecule has 0 unspecified atom stereocenters. The van der Waals surface area contributed by atoms with Gasteiger partial charge in [-0.3, -0.25) is 14.2 Å². The van der Waals surface area contributed by atoms with Gasteiger partial charge >= 0.3 is 0 Å². The maximum Gasteiger partial charge on any atom is 0.263 e. The number of carbonyl (C=O) groups excluding carboxylic acids is 1. The molecule has 2 aromatic heterocycles. The number of nitrogens with one attached hydrogen (secondary N) is 1. The van der Waals surface area contributed by atoms with Crippen LogP contribution in [0.5, 0.6) is 0 Å². The Kier molecular flexibility index (Phi) is 6.03. The van der Waals surface area contributed by atoms with Crippen molar-refractivity contribution < 1.29 is 4.79 Å². The van der Waals surface area contributed by atoms with Crippen molar-refractivity contribution in [3.8, 4) is 0 Å². The van der Waals surface area contributed by atoms with Crippen LogP contribution in [0, 0.1) is 5.92 Å². The molecule has 1 N–H and O–H groups in total. The number of fused-ring (bicyclic) bond motifs is 3. The van der Waals surface area contributed by atoms with Gasteiger partial charge in [0, 0.05) is 4.88 Å². The molecule has 0 bridgehead atoms. The Hall–Kier alpha value is -2.80. The standard InChI is InChI=1S/C25H30N4O2S/c1-15-6-11-19-20(12-15)32-23-21(19)24(31)29(14-26-23)16(2)22(30)28-27-13-17-7-9-18(10-8-17)25(3,4)5/h7-10,13-16H,6,11-12H2,1-5H3,(H,28,30)/b27-13+/t15-,16+/m1/s1. The SMILES string of the molecule is C[C@@H]1CCc2c(sc3ncn([C@@H](C)C(=O)N/N=C/c4ccc(C(C)(C)C)cc4)c(=O)c23)C1. The second kappa shape index (κ2) is 8.62. The summed E-state index contributed by atoms with van der Waals surface area (Å²) in [4.78, 5) is 32.4. The third-order valence-corrected chi connectivity index (χ3v) is 7.36. The molecular weight excluding hydrogens is 420 g/mol. The Morgan fingerprint density at radius 2 is 2.03 bits per heavy atom. The summed E-state index contributed by atoms with van der Waals surface area (Å²) in [6.07, 6.45) is 6.06. The quantitative estimate of drug-likeness (QED) is 0.466.